The van der Waals surface area contributed by atoms with Gasteiger partial charge in [0.1, 0.15) is 11.7 Å². The number of amides is 3. The van der Waals surface area contributed by atoms with Gasteiger partial charge < -0.3 is 10.1 Å². The molecule has 0 unspecified atom stereocenters. The number of hydrogen-bond donors (Lipinski definition) is 3. The number of anilines is 1. The minimum Gasteiger partial charge on any atom is -0.455 e. The van der Waals surface area contributed by atoms with Crippen LogP contribution in [0.4, 0.5) is 5.69 Å². The second kappa shape index (κ2) is 6.82. The zero-order valence-electron chi connectivity index (χ0n) is 12.6. The molecule has 1 aliphatic heterocycles. The van der Waals surface area contributed by atoms with E-state index in [0.717, 1.165) is 0 Å². The summed E-state index contributed by atoms with van der Waals surface area (Å²) in [6.07, 6.45) is -0.239. The highest BCUT2D eigenvalue weighted by Crippen LogP contribution is 2.29. The third-order valence-corrected chi connectivity index (χ3v) is 3.46. The van der Waals surface area contributed by atoms with Crippen molar-refractivity contribution >= 4 is 23.4 Å². The van der Waals surface area contributed by atoms with Crippen molar-refractivity contribution in [3.63, 3.8) is 0 Å². The fraction of sp³-hybridized carbons (Fsp3) is 0.118. The Hall–Kier alpha value is -3.35. The number of hydrazine groups is 1. The minimum atomic E-state index is -1.02. The number of carbonyl (C=O) groups is 3. The van der Waals surface area contributed by atoms with Gasteiger partial charge in [-0.15, -0.1) is 0 Å². The normalized spacial score (nSPS) is 14.0. The van der Waals surface area contributed by atoms with E-state index in [1.165, 1.54) is 0 Å². The van der Waals surface area contributed by atoms with Crippen LogP contribution in [0.2, 0.25) is 0 Å². The molecule has 1 fully saturated rings. The van der Waals surface area contributed by atoms with Gasteiger partial charge in [0.05, 0.1) is 5.69 Å². The predicted molar refractivity (Wildman–Crippen MR) is 86.0 cm³/mol. The van der Waals surface area contributed by atoms with E-state index in [0.29, 0.717) is 17.2 Å². The van der Waals surface area contributed by atoms with Crippen molar-refractivity contribution in [1.29, 1.82) is 0 Å². The van der Waals surface area contributed by atoms with Crippen LogP contribution in [-0.4, -0.2) is 17.7 Å². The molecular weight excluding hydrogens is 310 g/mol. The maximum atomic E-state index is 12.1. The standard InChI is InChI=1S/C17H15N3O4/c21-15(10-12-16(22)19-20-17(12)23)18-13-8-4-5-9-14(13)24-11-6-2-1-3-7-11/h1-9,12H,10H2,(H,18,21)(H,19,22)(H,20,23). The Balaban J connectivity index is 1.70. The first kappa shape index (κ1) is 15.5. The first-order valence-corrected chi connectivity index (χ1v) is 7.35. The molecule has 1 heterocycles. The van der Waals surface area contributed by atoms with Crippen molar-refractivity contribution in [2.24, 2.45) is 5.92 Å². The average molecular weight is 325 g/mol. The van der Waals surface area contributed by atoms with Gasteiger partial charge in [-0.2, -0.15) is 0 Å². The molecule has 1 aliphatic rings. The van der Waals surface area contributed by atoms with Crippen molar-refractivity contribution in [2.45, 2.75) is 6.42 Å². The average Bonchev–Trinajstić information content (AvgIpc) is 2.89. The summed E-state index contributed by atoms with van der Waals surface area (Å²) in [5, 5.41) is 2.67. The first-order chi connectivity index (χ1) is 11.6. The zero-order valence-corrected chi connectivity index (χ0v) is 12.6. The van der Waals surface area contributed by atoms with Crippen molar-refractivity contribution in [1.82, 2.24) is 10.9 Å². The second-order valence-electron chi connectivity index (χ2n) is 5.19. The van der Waals surface area contributed by atoms with E-state index in [-0.39, 0.29) is 6.42 Å². The van der Waals surface area contributed by atoms with Crippen molar-refractivity contribution in [2.75, 3.05) is 5.32 Å². The van der Waals surface area contributed by atoms with Gasteiger partial charge in [-0.05, 0) is 24.3 Å². The summed E-state index contributed by atoms with van der Waals surface area (Å²) in [6, 6.07) is 16.1. The van der Waals surface area contributed by atoms with Crippen molar-refractivity contribution in [3.05, 3.63) is 54.6 Å². The maximum absolute atomic E-state index is 12.1. The summed E-state index contributed by atoms with van der Waals surface area (Å²) >= 11 is 0. The van der Waals surface area contributed by atoms with Gasteiger partial charge in [0.2, 0.25) is 5.91 Å². The number of nitrogens with one attached hydrogen (secondary N) is 3. The van der Waals surface area contributed by atoms with E-state index in [9.17, 15) is 14.4 Å². The lowest BCUT2D eigenvalue weighted by molar-refractivity contribution is -0.131. The molecule has 0 atom stereocenters. The zero-order chi connectivity index (χ0) is 16.9. The first-order valence-electron chi connectivity index (χ1n) is 7.35. The van der Waals surface area contributed by atoms with E-state index in [1.807, 2.05) is 18.2 Å². The molecule has 122 valence electrons. The Kier molecular flexibility index (Phi) is 4.42. The number of para-hydroxylation sites is 3. The summed E-state index contributed by atoms with van der Waals surface area (Å²) in [6.45, 7) is 0. The fourth-order valence-corrected chi connectivity index (χ4v) is 2.26. The minimum absolute atomic E-state index is 0.239. The Bertz CT molecular complexity index is 760. The third-order valence-electron chi connectivity index (χ3n) is 3.46. The summed E-state index contributed by atoms with van der Waals surface area (Å²) in [5.41, 5.74) is 4.84. The van der Waals surface area contributed by atoms with Gasteiger partial charge in [-0.3, -0.25) is 25.2 Å². The lowest BCUT2D eigenvalue weighted by Gasteiger charge is -2.12. The molecule has 0 saturated carbocycles. The van der Waals surface area contributed by atoms with E-state index in [1.54, 1.807) is 36.4 Å². The van der Waals surface area contributed by atoms with Crippen LogP contribution in [0.25, 0.3) is 0 Å². The van der Waals surface area contributed by atoms with Gasteiger partial charge in [-0.25, -0.2) is 0 Å². The topological polar surface area (TPSA) is 96.5 Å². The molecule has 3 N–H and O–H groups in total. The number of hydrogen-bond acceptors (Lipinski definition) is 4. The molecule has 2 aromatic carbocycles. The largest absolute Gasteiger partial charge is 0.455 e. The third kappa shape index (κ3) is 3.52. The maximum Gasteiger partial charge on any atom is 0.251 e. The van der Waals surface area contributed by atoms with E-state index < -0.39 is 23.6 Å². The summed E-state index contributed by atoms with van der Waals surface area (Å²) in [4.78, 5) is 35.1. The smallest absolute Gasteiger partial charge is 0.251 e. The monoisotopic (exact) mass is 325 g/mol. The molecule has 24 heavy (non-hydrogen) atoms. The lowest BCUT2D eigenvalue weighted by Crippen LogP contribution is -2.28. The highest BCUT2D eigenvalue weighted by molar-refractivity contribution is 6.09. The highest BCUT2D eigenvalue weighted by Gasteiger charge is 2.34. The number of carbonyl (C=O) groups excluding carboxylic acids is 3. The van der Waals surface area contributed by atoms with Crippen molar-refractivity contribution < 1.29 is 19.1 Å². The molecule has 0 bridgehead atoms. The Morgan fingerprint density at radius 2 is 1.58 bits per heavy atom. The fourth-order valence-electron chi connectivity index (χ4n) is 2.26. The van der Waals surface area contributed by atoms with Crippen LogP contribution in [0.1, 0.15) is 6.42 Å². The molecule has 3 rings (SSSR count). The molecule has 0 aliphatic carbocycles. The van der Waals surface area contributed by atoms with Gasteiger partial charge in [-0.1, -0.05) is 30.3 Å². The summed E-state index contributed by atoms with van der Waals surface area (Å²) < 4.78 is 5.75. The van der Waals surface area contributed by atoms with Gasteiger partial charge >= 0.3 is 0 Å². The molecule has 2 aromatic rings. The molecule has 1 saturated heterocycles. The molecule has 0 spiro atoms. The Labute approximate surface area is 138 Å². The number of benzene rings is 2. The van der Waals surface area contributed by atoms with E-state index in [2.05, 4.69) is 16.2 Å². The van der Waals surface area contributed by atoms with Gasteiger partial charge in [0.25, 0.3) is 11.8 Å². The van der Waals surface area contributed by atoms with Crippen LogP contribution in [0.5, 0.6) is 11.5 Å². The lowest BCUT2D eigenvalue weighted by atomic mass is 10.1. The van der Waals surface area contributed by atoms with Crippen LogP contribution in [-0.2, 0) is 14.4 Å². The van der Waals surface area contributed by atoms with Crippen LogP contribution < -0.4 is 20.9 Å². The number of ether oxygens (including phenoxy) is 1. The van der Waals surface area contributed by atoms with Gasteiger partial charge in [0, 0.05) is 6.42 Å². The molecule has 0 aromatic heterocycles. The van der Waals surface area contributed by atoms with Crippen LogP contribution >= 0.6 is 0 Å². The highest BCUT2D eigenvalue weighted by atomic mass is 16.5. The SMILES string of the molecule is O=C(CC1C(=O)NNC1=O)Nc1ccccc1Oc1ccccc1. The molecule has 7 nitrogen and oxygen atoms in total. The quantitative estimate of drug-likeness (QED) is 0.727. The summed E-state index contributed by atoms with van der Waals surface area (Å²) in [5.74, 6) is -1.39. The summed E-state index contributed by atoms with van der Waals surface area (Å²) in [7, 11) is 0. The predicted octanol–water partition coefficient (Wildman–Crippen LogP) is 1.58. The molecular formula is C17H15N3O4. The number of rotatable bonds is 5. The van der Waals surface area contributed by atoms with Crippen molar-refractivity contribution in [3.8, 4) is 11.5 Å². The Morgan fingerprint density at radius 3 is 2.29 bits per heavy atom. The molecule has 7 heteroatoms. The van der Waals surface area contributed by atoms with E-state index in [4.69, 9.17) is 4.74 Å². The molecule has 0 radical (unpaired) electrons. The second-order valence-corrected chi connectivity index (χ2v) is 5.19. The van der Waals surface area contributed by atoms with Crippen LogP contribution in [0, 0.1) is 5.92 Å². The van der Waals surface area contributed by atoms with Gasteiger partial charge in [0.15, 0.2) is 5.75 Å². The van der Waals surface area contributed by atoms with Crippen LogP contribution in [0.3, 0.4) is 0 Å². The van der Waals surface area contributed by atoms with Crippen LogP contribution in [0.15, 0.2) is 54.6 Å². The van der Waals surface area contributed by atoms with E-state index >= 15 is 0 Å². The Morgan fingerprint density at radius 1 is 0.958 bits per heavy atom. The molecule has 3 amide bonds.